The third kappa shape index (κ3) is 3.96. The molecule has 1 N–H and O–H groups in total. The SMILES string of the molecule is COc1cccc(C(C#N)N2CCCCC2CCCO)c1. The standard InChI is InChI=1S/C17H24N2O2/c1-21-16-9-4-6-14(12-16)17(13-18)19-10-3-2-7-15(19)8-5-11-20/h4,6,9,12,15,17,20H,2-3,5,7-8,10-11H2,1H3. The first-order chi connectivity index (χ1) is 10.3. The average Bonchev–Trinajstić information content (AvgIpc) is 2.55. The van der Waals surface area contributed by atoms with Gasteiger partial charge in [-0.25, -0.2) is 0 Å². The van der Waals surface area contributed by atoms with Crippen LogP contribution in [0.4, 0.5) is 0 Å². The molecule has 1 aliphatic heterocycles. The number of aliphatic hydroxyl groups excluding tert-OH is 1. The van der Waals surface area contributed by atoms with Gasteiger partial charge in [0.1, 0.15) is 11.8 Å². The zero-order chi connectivity index (χ0) is 15.1. The summed E-state index contributed by atoms with van der Waals surface area (Å²) in [6.07, 6.45) is 5.22. The molecule has 114 valence electrons. The topological polar surface area (TPSA) is 56.5 Å². The quantitative estimate of drug-likeness (QED) is 0.874. The molecular weight excluding hydrogens is 264 g/mol. The molecule has 1 fully saturated rings. The van der Waals surface area contributed by atoms with Crippen LogP contribution in [0.2, 0.25) is 0 Å². The average molecular weight is 288 g/mol. The van der Waals surface area contributed by atoms with Gasteiger partial charge in [0.05, 0.1) is 13.2 Å². The van der Waals surface area contributed by atoms with Crippen molar-refractivity contribution in [3.05, 3.63) is 29.8 Å². The first kappa shape index (κ1) is 15.8. The van der Waals surface area contributed by atoms with Crippen LogP contribution in [0.15, 0.2) is 24.3 Å². The van der Waals surface area contributed by atoms with E-state index in [-0.39, 0.29) is 12.6 Å². The molecule has 2 unspecified atom stereocenters. The van der Waals surface area contributed by atoms with Gasteiger partial charge in [-0.1, -0.05) is 18.6 Å². The van der Waals surface area contributed by atoms with Gasteiger partial charge in [-0.05, 0) is 43.4 Å². The summed E-state index contributed by atoms with van der Waals surface area (Å²) in [7, 11) is 1.64. The summed E-state index contributed by atoms with van der Waals surface area (Å²) in [4.78, 5) is 2.30. The molecular formula is C17H24N2O2. The monoisotopic (exact) mass is 288 g/mol. The van der Waals surface area contributed by atoms with Crippen LogP contribution in [0.25, 0.3) is 0 Å². The molecule has 0 aliphatic carbocycles. The summed E-state index contributed by atoms with van der Waals surface area (Å²) in [5.74, 6) is 0.789. The minimum Gasteiger partial charge on any atom is -0.497 e. The summed E-state index contributed by atoms with van der Waals surface area (Å²) >= 11 is 0. The Kier molecular flexibility index (Phi) is 6.04. The van der Waals surface area contributed by atoms with Crippen LogP contribution in [0.5, 0.6) is 5.75 Å². The second-order valence-corrected chi connectivity index (χ2v) is 5.56. The number of hydrogen-bond acceptors (Lipinski definition) is 4. The largest absolute Gasteiger partial charge is 0.497 e. The second kappa shape index (κ2) is 8.02. The number of hydrogen-bond donors (Lipinski definition) is 1. The van der Waals surface area contributed by atoms with E-state index in [0.29, 0.717) is 6.04 Å². The van der Waals surface area contributed by atoms with E-state index in [0.717, 1.165) is 43.5 Å². The molecule has 0 aromatic heterocycles. The molecule has 0 radical (unpaired) electrons. The number of likely N-dealkylation sites (tertiary alicyclic amines) is 1. The van der Waals surface area contributed by atoms with E-state index in [2.05, 4.69) is 11.0 Å². The lowest BCUT2D eigenvalue weighted by molar-refractivity contribution is 0.106. The Balaban J connectivity index is 2.19. The summed E-state index contributed by atoms with van der Waals surface area (Å²) in [5, 5.41) is 18.7. The minimum atomic E-state index is -0.232. The molecule has 1 heterocycles. The molecule has 4 heteroatoms. The van der Waals surface area contributed by atoms with Gasteiger partial charge in [0.15, 0.2) is 0 Å². The maximum atomic E-state index is 9.66. The van der Waals surface area contributed by atoms with Crippen molar-refractivity contribution in [1.82, 2.24) is 4.90 Å². The fourth-order valence-electron chi connectivity index (χ4n) is 3.15. The third-order valence-electron chi connectivity index (χ3n) is 4.23. The van der Waals surface area contributed by atoms with Gasteiger partial charge in [0.25, 0.3) is 0 Å². The van der Waals surface area contributed by atoms with E-state index in [1.807, 2.05) is 24.3 Å². The van der Waals surface area contributed by atoms with Crippen molar-refractivity contribution in [1.29, 1.82) is 5.26 Å². The maximum absolute atomic E-state index is 9.66. The molecule has 21 heavy (non-hydrogen) atoms. The van der Waals surface area contributed by atoms with E-state index in [1.54, 1.807) is 7.11 Å². The third-order valence-corrected chi connectivity index (χ3v) is 4.23. The van der Waals surface area contributed by atoms with Gasteiger partial charge < -0.3 is 9.84 Å². The molecule has 2 atom stereocenters. The predicted molar refractivity (Wildman–Crippen MR) is 82.0 cm³/mol. The second-order valence-electron chi connectivity index (χ2n) is 5.56. The minimum absolute atomic E-state index is 0.223. The first-order valence-corrected chi connectivity index (χ1v) is 7.70. The molecule has 1 saturated heterocycles. The van der Waals surface area contributed by atoms with Gasteiger partial charge >= 0.3 is 0 Å². The van der Waals surface area contributed by atoms with Crippen LogP contribution >= 0.6 is 0 Å². The number of nitrogens with zero attached hydrogens (tertiary/aromatic N) is 2. The van der Waals surface area contributed by atoms with Crippen molar-refractivity contribution >= 4 is 0 Å². The van der Waals surface area contributed by atoms with Crippen LogP contribution in [0.3, 0.4) is 0 Å². The van der Waals surface area contributed by atoms with Crippen LogP contribution in [0, 0.1) is 11.3 Å². The molecule has 0 bridgehead atoms. The van der Waals surface area contributed by atoms with Gasteiger partial charge in [-0.3, -0.25) is 4.90 Å². The van der Waals surface area contributed by atoms with Crippen LogP contribution < -0.4 is 4.74 Å². The van der Waals surface area contributed by atoms with Crippen molar-refractivity contribution in [3.8, 4) is 11.8 Å². The summed E-state index contributed by atoms with van der Waals surface area (Å²) in [6.45, 7) is 1.17. The lowest BCUT2D eigenvalue weighted by atomic mass is 9.94. The Labute approximate surface area is 127 Å². The highest BCUT2D eigenvalue weighted by atomic mass is 16.5. The van der Waals surface area contributed by atoms with E-state index in [4.69, 9.17) is 9.84 Å². The van der Waals surface area contributed by atoms with Crippen molar-refractivity contribution in [2.24, 2.45) is 0 Å². The number of aliphatic hydroxyl groups is 1. The predicted octanol–water partition coefficient (Wildman–Crippen LogP) is 2.89. The van der Waals surface area contributed by atoms with Crippen molar-refractivity contribution < 1.29 is 9.84 Å². The van der Waals surface area contributed by atoms with Gasteiger partial charge in [0, 0.05) is 19.2 Å². The smallest absolute Gasteiger partial charge is 0.124 e. The molecule has 1 aliphatic rings. The fourth-order valence-corrected chi connectivity index (χ4v) is 3.15. The van der Waals surface area contributed by atoms with Crippen molar-refractivity contribution in [2.45, 2.75) is 44.2 Å². The van der Waals surface area contributed by atoms with Gasteiger partial charge in [0.2, 0.25) is 0 Å². The van der Waals surface area contributed by atoms with Crippen molar-refractivity contribution in [2.75, 3.05) is 20.3 Å². The number of nitriles is 1. The Hall–Kier alpha value is -1.57. The molecule has 0 spiro atoms. The highest BCUT2D eigenvalue weighted by molar-refractivity contribution is 5.33. The molecule has 2 rings (SSSR count). The van der Waals surface area contributed by atoms with Crippen molar-refractivity contribution in [3.63, 3.8) is 0 Å². The fraction of sp³-hybridized carbons (Fsp3) is 0.588. The Morgan fingerprint density at radius 2 is 2.33 bits per heavy atom. The first-order valence-electron chi connectivity index (χ1n) is 7.70. The zero-order valence-electron chi connectivity index (χ0n) is 12.7. The molecule has 0 amide bonds. The van der Waals surface area contributed by atoms with E-state index in [9.17, 15) is 5.26 Å². The Bertz CT molecular complexity index is 484. The summed E-state index contributed by atoms with van der Waals surface area (Å²) in [5.41, 5.74) is 0.993. The number of benzene rings is 1. The number of rotatable bonds is 6. The van der Waals surface area contributed by atoms with E-state index in [1.165, 1.54) is 6.42 Å². The van der Waals surface area contributed by atoms with Gasteiger partial charge in [-0.15, -0.1) is 0 Å². The lowest BCUT2D eigenvalue weighted by Gasteiger charge is -2.38. The Morgan fingerprint density at radius 3 is 3.05 bits per heavy atom. The summed E-state index contributed by atoms with van der Waals surface area (Å²) in [6, 6.07) is 10.4. The van der Waals surface area contributed by atoms with E-state index >= 15 is 0 Å². The normalized spacial score (nSPS) is 20.7. The molecule has 1 aromatic rings. The highest BCUT2D eigenvalue weighted by Gasteiger charge is 2.29. The van der Waals surface area contributed by atoms with Gasteiger partial charge in [-0.2, -0.15) is 5.26 Å². The highest BCUT2D eigenvalue weighted by Crippen LogP contribution is 2.31. The number of methoxy groups -OCH3 is 1. The molecule has 1 aromatic carbocycles. The lowest BCUT2D eigenvalue weighted by Crippen LogP contribution is -2.41. The Morgan fingerprint density at radius 1 is 1.48 bits per heavy atom. The molecule has 4 nitrogen and oxygen atoms in total. The van der Waals surface area contributed by atoms with E-state index < -0.39 is 0 Å². The molecule has 0 saturated carbocycles. The zero-order valence-corrected chi connectivity index (χ0v) is 12.7. The van der Waals surface area contributed by atoms with Crippen LogP contribution in [-0.4, -0.2) is 36.3 Å². The van der Waals surface area contributed by atoms with Crippen LogP contribution in [-0.2, 0) is 0 Å². The summed E-state index contributed by atoms with van der Waals surface area (Å²) < 4.78 is 5.27. The maximum Gasteiger partial charge on any atom is 0.124 e. The van der Waals surface area contributed by atoms with Crippen LogP contribution in [0.1, 0.15) is 43.7 Å². The number of ether oxygens (including phenoxy) is 1. The number of piperidine rings is 1.